The van der Waals surface area contributed by atoms with Gasteiger partial charge in [-0.1, -0.05) is 56.9 Å². The lowest BCUT2D eigenvalue weighted by atomic mass is 9.62. The highest BCUT2D eigenvalue weighted by atomic mass is 16.3. The molecule has 2 aromatic heterocycles. The van der Waals surface area contributed by atoms with Gasteiger partial charge in [0.1, 0.15) is 5.60 Å². The summed E-state index contributed by atoms with van der Waals surface area (Å²) in [6.45, 7) is 12.4. The van der Waals surface area contributed by atoms with E-state index in [-0.39, 0.29) is 10.8 Å². The lowest BCUT2D eigenvalue weighted by Crippen LogP contribution is -2.63. The maximum Gasteiger partial charge on any atom is 0.124 e. The van der Waals surface area contributed by atoms with Crippen molar-refractivity contribution in [3.8, 4) is 11.8 Å². The summed E-state index contributed by atoms with van der Waals surface area (Å²) >= 11 is 0. The van der Waals surface area contributed by atoms with Gasteiger partial charge in [-0.2, -0.15) is 0 Å². The third-order valence-corrected chi connectivity index (χ3v) is 7.10. The van der Waals surface area contributed by atoms with Gasteiger partial charge in [0.25, 0.3) is 0 Å². The summed E-state index contributed by atoms with van der Waals surface area (Å²) < 4.78 is 0. The number of nitrogens with one attached hydrogen (secondary N) is 1. The van der Waals surface area contributed by atoms with E-state index >= 15 is 0 Å². The van der Waals surface area contributed by atoms with Crippen LogP contribution in [0, 0.1) is 17.3 Å². The van der Waals surface area contributed by atoms with E-state index in [0.29, 0.717) is 5.92 Å². The van der Waals surface area contributed by atoms with Crippen LogP contribution in [0.15, 0.2) is 61.2 Å². The molecule has 2 N–H and O–H groups in total. The van der Waals surface area contributed by atoms with Gasteiger partial charge in [0.15, 0.2) is 0 Å². The largest absolute Gasteiger partial charge is 0.380 e. The molecule has 4 rings (SSSR count). The van der Waals surface area contributed by atoms with Crippen molar-refractivity contribution in [1.29, 1.82) is 0 Å². The number of likely N-dealkylation sites (tertiary alicyclic amines) is 1. The molecule has 0 radical (unpaired) electrons. The number of hydrogen-bond donors (Lipinski definition) is 2. The fraction of sp³-hybridized carbons (Fsp3) is 0.414. The summed E-state index contributed by atoms with van der Waals surface area (Å²) in [4.78, 5) is 9.84. The third-order valence-electron chi connectivity index (χ3n) is 7.10. The molecule has 33 heavy (non-hydrogen) atoms. The molecular formula is C29H35N3O. The standard InChI is InChI=1S/C29H35N3O/c1-21(2)23-7-9-24(10-8-23)29(33,28(5)19-32(6)20-28)26-15-22(16-31-18-26)11-13-27(3,4)25-12-14-30-17-25/h7-10,12,14-18,21,30,33H,19-20H2,1-6H3/t29-/m0/s1. The minimum absolute atomic E-state index is 0.290. The van der Waals surface area contributed by atoms with Crippen LogP contribution in [0.4, 0.5) is 0 Å². The van der Waals surface area contributed by atoms with Gasteiger partial charge in [-0.3, -0.25) is 4.98 Å². The molecule has 0 saturated carbocycles. The van der Waals surface area contributed by atoms with Gasteiger partial charge in [0, 0.05) is 54.4 Å². The Bertz CT molecular complexity index is 1160. The number of H-pyrrole nitrogens is 1. The van der Waals surface area contributed by atoms with Crippen LogP contribution < -0.4 is 0 Å². The lowest BCUT2D eigenvalue weighted by molar-refractivity contribution is -0.127. The van der Waals surface area contributed by atoms with Crippen LogP contribution in [0.3, 0.4) is 0 Å². The average Bonchev–Trinajstić information content (AvgIpc) is 3.32. The van der Waals surface area contributed by atoms with Crippen LogP contribution in [-0.4, -0.2) is 40.1 Å². The number of aromatic nitrogens is 2. The number of rotatable bonds is 5. The quantitative estimate of drug-likeness (QED) is 0.545. The predicted octanol–water partition coefficient (Wildman–Crippen LogP) is 5.05. The summed E-state index contributed by atoms with van der Waals surface area (Å²) in [7, 11) is 2.09. The monoisotopic (exact) mass is 441 g/mol. The molecule has 0 spiro atoms. The zero-order chi connectivity index (χ0) is 23.9. The number of hydrogen-bond acceptors (Lipinski definition) is 3. The second kappa shape index (κ2) is 8.48. The van der Waals surface area contributed by atoms with Crippen molar-refractivity contribution < 1.29 is 5.11 Å². The Kier molecular flexibility index (Phi) is 5.99. The molecule has 1 fully saturated rings. The predicted molar refractivity (Wildman–Crippen MR) is 134 cm³/mol. The molecule has 0 amide bonds. The van der Waals surface area contributed by atoms with Gasteiger partial charge in [0.05, 0.1) is 5.41 Å². The van der Waals surface area contributed by atoms with Crippen LogP contribution in [0.5, 0.6) is 0 Å². The minimum atomic E-state index is -1.16. The van der Waals surface area contributed by atoms with E-state index in [9.17, 15) is 5.11 Å². The zero-order valence-electron chi connectivity index (χ0n) is 20.6. The summed E-state index contributed by atoms with van der Waals surface area (Å²) in [6.07, 6.45) is 7.47. The van der Waals surface area contributed by atoms with E-state index in [1.165, 1.54) is 5.56 Å². The van der Waals surface area contributed by atoms with E-state index in [1.54, 1.807) is 12.4 Å². The summed E-state index contributed by atoms with van der Waals surface area (Å²) in [5, 5.41) is 12.4. The van der Waals surface area contributed by atoms with Crippen LogP contribution in [0.2, 0.25) is 0 Å². The fourth-order valence-electron chi connectivity index (χ4n) is 5.07. The summed E-state index contributed by atoms with van der Waals surface area (Å²) in [5.41, 5.74) is 3.15. The molecule has 4 heteroatoms. The Morgan fingerprint density at radius 3 is 2.33 bits per heavy atom. The molecule has 4 nitrogen and oxygen atoms in total. The Morgan fingerprint density at radius 1 is 1.06 bits per heavy atom. The molecule has 1 aromatic carbocycles. The Morgan fingerprint density at radius 2 is 1.76 bits per heavy atom. The van der Waals surface area contributed by atoms with Gasteiger partial charge >= 0.3 is 0 Å². The van der Waals surface area contributed by atoms with Gasteiger partial charge in [0.2, 0.25) is 0 Å². The fourth-order valence-corrected chi connectivity index (χ4v) is 5.07. The van der Waals surface area contributed by atoms with Gasteiger partial charge in [-0.25, -0.2) is 0 Å². The van der Waals surface area contributed by atoms with E-state index < -0.39 is 5.60 Å². The second-order valence-corrected chi connectivity index (χ2v) is 10.7. The minimum Gasteiger partial charge on any atom is -0.380 e. The van der Waals surface area contributed by atoms with Gasteiger partial charge in [-0.15, -0.1) is 0 Å². The van der Waals surface area contributed by atoms with E-state index in [1.807, 2.05) is 18.5 Å². The Balaban J connectivity index is 1.76. The molecule has 1 atom stereocenters. The van der Waals surface area contributed by atoms with Crippen molar-refractivity contribution in [3.05, 3.63) is 89.0 Å². The Hall–Kier alpha value is -2.87. The van der Waals surface area contributed by atoms with E-state index in [2.05, 4.69) is 98.7 Å². The molecule has 3 heterocycles. The van der Waals surface area contributed by atoms with Crippen molar-refractivity contribution >= 4 is 0 Å². The highest BCUT2D eigenvalue weighted by molar-refractivity contribution is 5.46. The van der Waals surface area contributed by atoms with E-state index in [4.69, 9.17) is 0 Å². The van der Waals surface area contributed by atoms with Crippen LogP contribution >= 0.6 is 0 Å². The molecule has 172 valence electrons. The van der Waals surface area contributed by atoms with Crippen LogP contribution in [0.25, 0.3) is 0 Å². The molecule has 0 unspecified atom stereocenters. The first-order valence-corrected chi connectivity index (χ1v) is 11.7. The van der Waals surface area contributed by atoms with Gasteiger partial charge < -0.3 is 15.0 Å². The summed E-state index contributed by atoms with van der Waals surface area (Å²) in [6, 6.07) is 12.5. The van der Waals surface area contributed by atoms with Crippen molar-refractivity contribution in [2.24, 2.45) is 5.41 Å². The molecule has 0 aliphatic carbocycles. The first-order valence-electron chi connectivity index (χ1n) is 11.7. The molecule has 3 aromatic rings. The smallest absolute Gasteiger partial charge is 0.124 e. The van der Waals surface area contributed by atoms with Crippen molar-refractivity contribution in [2.75, 3.05) is 20.1 Å². The molecular weight excluding hydrogens is 406 g/mol. The number of benzene rings is 1. The first kappa shape index (κ1) is 23.3. The number of pyridine rings is 1. The van der Waals surface area contributed by atoms with Crippen LogP contribution in [0.1, 0.15) is 68.4 Å². The lowest BCUT2D eigenvalue weighted by Gasteiger charge is -2.55. The van der Waals surface area contributed by atoms with Crippen molar-refractivity contribution in [2.45, 2.75) is 51.6 Å². The van der Waals surface area contributed by atoms with Crippen molar-refractivity contribution in [1.82, 2.24) is 14.9 Å². The zero-order valence-corrected chi connectivity index (χ0v) is 20.6. The number of nitrogens with zero attached hydrogens (tertiary/aromatic N) is 2. The Labute approximate surface area is 198 Å². The number of aliphatic hydroxyl groups is 1. The average molecular weight is 442 g/mol. The van der Waals surface area contributed by atoms with Gasteiger partial charge in [-0.05, 0) is 55.6 Å². The number of aromatic amines is 1. The van der Waals surface area contributed by atoms with Crippen LogP contribution in [-0.2, 0) is 11.0 Å². The second-order valence-electron chi connectivity index (χ2n) is 10.7. The highest BCUT2D eigenvalue weighted by Crippen LogP contribution is 2.50. The molecule has 1 aliphatic heterocycles. The first-order chi connectivity index (χ1) is 15.5. The summed E-state index contributed by atoms with van der Waals surface area (Å²) in [5.74, 6) is 7.15. The molecule has 1 aliphatic rings. The highest BCUT2D eigenvalue weighted by Gasteiger charge is 2.55. The topological polar surface area (TPSA) is 52.2 Å². The normalized spacial score (nSPS) is 17.7. The molecule has 0 bridgehead atoms. The van der Waals surface area contributed by atoms with E-state index in [0.717, 1.165) is 35.3 Å². The third kappa shape index (κ3) is 4.24. The molecule has 1 saturated heterocycles. The maximum absolute atomic E-state index is 12.4. The maximum atomic E-state index is 12.4. The SMILES string of the molecule is CC(C)c1ccc([C@](O)(c2cncc(C#CC(C)(C)c3cc[nH]c3)c2)C2(C)CN(C)C2)cc1. The van der Waals surface area contributed by atoms with Crippen molar-refractivity contribution in [3.63, 3.8) is 0 Å².